The number of benzene rings is 1. The molecule has 1 aromatic heterocycles. The predicted molar refractivity (Wildman–Crippen MR) is 131 cm³/mol. The number of aryl methyl sites for hydroxylation is 1. The highest BCUT2D eigenvalue weighted by Gasteiger charge is 2.25. The van der Waals surface area contributed by atoms with E-state index in [1.807, 2.05) is 6.07 Å². The fraction of sp³-hybridized carbons (Fsp3) is 0.450. The fourth-order valence-electron chi connectivity index (χ4n) is 3.23. The molecule has 1 aliphatic rings. The standard InChI is InChI=1S/C20H28N4O2S2.HI/c1-16-9-10-18(27-16)15-23-20(21-2)22-14-17-7-6-8-19(13-17)28(25,26)24-11-4-3-5-12-24;/h6-10,13H,3-5,11-12,14-15H2,1-2H3,(H2,21,22,23);1H. The third-order valence-corrected chi connectivity index (χ3v) is 7.66. The van der Waals surface area contributed by atoms with Gasteiger partial charge in [-0.3, -0.25) is 4.99 Å². The van der Waals surface area contributed by atoms with Crippen LogP contribution in [0.15, 0.2) is 46.3 Å². The van der Waals surface area contributed by atoms with Gasteiger partial charge in [0.15, 0.2) is 5.96 Å². The summed E-state index contributed by atoms with van der Waals surface area (Å²) < 4.78 is 27.3. The summed E-state index contributed by atoms with van der Waals surface area (Å²) in [4.78, 5) is 7.14. The van der Waals surface area contributed by atoms with Gasteiger partial charge < -0.3 is 10.6 Å². The van der Waals surface area contributed by atoms with Crippen LogP contribution in [-0.4, -0.2) is 38.8 Å². The zero-order valence-corrected chi connectivity index (χ0v) is 20.8. The minimum Gasteiger partial charge on any atom is -0.352 e. The molecule has 1 saturated heterocycles. The van der Waals surface area contributed by atoms with E-state index in [4.69, 9.17) is 0 Å². The first-order chi connectivity index (χ1) is 13.5. The van der Waals surface area contributed by atoms with Gasteiger partial charge >= 0.3 is 0 Å². The Kier molecular flexibility index (Phi) is 9.38. The molecule has 160 valence electrons. The van der Waals surface area contributed by atoms with E-state index in [1.165, 1.54) is 9.75 Å². The quantitative estimate of drug-likeness (QED) is 0.328. The molecule has 0 spiro atoms. The molecule has 6 nitrogen and oxygen atoms in total. The van der Waals surface area contributed by atoms with Crippen molar-refractivity contribution in [3.05, 3.63) is 51.7 Å². The van der Waals surface area contributed by atoms with Gasteiger partial charge in [-0.25, -0.2) is 8.42 Å². The Bertz CT molecular complexity index is 922. The summed E-state index contributed by atoms with van der Waals surface area (Å²) in [7, 11) is -1.68. The second-order valence-electron chi connectivity index (χ2n) is 6.90. The molecule has 0 aliphatic carbocycles. The fourth-order valence-corrected chi connectivity index (χ4v) is 5.65. The summed E-state index contributed by atoms with van der Waals surface area (Å²) in [5, 5.41) is 6.54. The highest BCUT2D eigenvalue weighted by atomic mass is 127. The minimum absolute atomic E-state index is 0. The number of hydrogen-bond acceptors (Lipinski definition) is 4. The number of sulfonamides is 1. The second kappa shape index (κ2) is 11.3. The number of piperidine rings is 1. The maximum absolute atomic E-state index is 12.9. The summed E-state index contributed by atoms with van der Waals surface area (Å²) in [6, 6.07) is 11.4. The molecule has 1 aliphatic heterocycles. The van der Waals surface area contributed by atoms with E-state index in [0.29, 0.717) is 37.0 Å². The molecular weight excluding hydrogens is 519 g/mol. The normalized spacial score (nSPS) is 15.6. The van der Waals surface area contributed by atoms with Crippen LogP contribution in [0.1, 0.15) is 34.6 Å². The first-order valence-corrected chi connectivity index (χ1v) is 11.8. The van der Waals surface area contributed by atoms with E-state index in [9.17, 15) is 8.42 Å². The maximum Gasteiger partial charge on any atom is 0.243 e. The average molecular weight is 549 g/mol. The van der Waals surface area contributed by atoms with E-state index in [-0.39, 0.29) is 24.0 Å². The molecule has 0 bridgehead atoms. The molecule has 0 amide bonds. The minimum atomic E-state index is -3.41. The van der Waals surface area contributed by atoms with Crippen LogP contribution in [-0.2, 0) is 23.1 Å². The summed E-state index contributed by atoms with van der Waals surface area (Å²) in [6.45, 7) is 4.54. The molecule has 2 heterocycles. The van der Waals surface area contributed by atoms with Gasteiger partial charge in [-0.1, -0.05) is 18.6 Å². The number of aliphatic imine (C=N–C) groups is 1. The van der Waals surface area contributed by atoms with Crippen molar-refractivity contribution in [1.82, 2.24) is 14.9 Å². The molecule has 3 rings (SSSR count). The van der Waals surface area contributed by atoms with Crippen molar-refractivity contribution in [2.24, 2.45) is 4.99 Å². The summed E-state index contributed by atoms with van der Waals surface area (Å²) in [5.74, 6) is 0.690. The molecular formula is C20H29IN4O2S2. The van der Waals surface area contributed by atoms with E-state index in [2.05, 4.69) is 34.7 Å². The Morgan fingerprint density at radius 3 is 2.48 bits per heavy atom. The Balaban J connectivity index is 0.00000300. The molecule has 1 aromatic carbocycles. The van der Waals surface area contributed by atoms with Crippen molar-refractivity contribution in [1.29, 1.82) is 0 Å². The number of nitrogens with zero attached hydrogens (tertiary/aromatic N) is 2. The van der Waals surface area contributed by atoms with Gasteiger partial charge in [0.2, 0.25) is 10.0 Å². The first-order valence-electron chi connectivity index (χ1n) is 9.58. The van der Waals surface area contributed by atoms with Crippen molar-refractivity contribution < 1.29 is 8.42 Å². The third kappa shape index (κ3) is 6.66. The van der Waals surface area contributed by atoms with Crippen molar-refractivity contribution in [2.75, 3.05) is 20.1 Å². The van der Waals surface area contributed by atoms with Crippen LogP contribution in [0.4, 0.5) is 0 Å². The molecule has 2 aromatic rings. The number of thiophene rings is 1. The van der Waals surface area contributed by atoms with Crippen LogP contribution >= 0.6 is 35.3 Å². The van der Waals surface area contributed by atoms with Gasteiger partial charge in [0, 0.05) is 36.4 Å². The lowest BCUT2D eigenvalue weighted by atomic mass is 10.2. The van der Waals surface area contributed by atoms with Gasteiger partial charge in [0.05, 0.1) is 11.4 Å². The van der Waals surface area contributed by atoms with Crippen molar-refractivity contribution in [2.45, 2.75) is 44.2 Å². The molecule has 29 heavy (non-hydrogen) atoms. The zero-order valence-electron chi connectivity index (χ0n) is 16.8. The summed E-state index contributed by atoms with van der Waals surface area (Å²) >= 11 is 1.76. The largest absolute Gasteiger partial charge is 0.352 e. The number of guanidine groups is 1. The highest BCUT2D eigenvalue weighted by Crippen LogP contribution is 2.21. The number of nitrogens with one attached hydrogen (secondary N) is 2. The smallest absolute Gasteiger partial charge is 0.243 e. The maximum atomic E-state index is 12.9. The van der Waals surface area contributed by atoms with Crippen LogP contribution in [0.3, 0.4) is 0 Å². The number of rotatable bonds is 6. The van der Waals surface area contributed by atoms with Crippen molar-refractivity contribution >= 4 is 51.3 Å². The summed E-state index contributed by atoms with van der Waals surface area (Å²) in [5.41, 5.74) is 0.910. The van der Waals surface area contributed by atoms with Gasteiger partial charge in [0.1, 0.15) is 0 Å². The molecule has 9 heteroatoms. The third-order valence-electron chi connectivity index (χ3n) is 4.76. The Hall–Kier alpha value is -1.17. The molecule has 2 N–H and O–H groups in total. The van der Waals surface area contributed by atoms with Gasteiger partial charge in [-0.05, 0) is 49.6 Å². The Morgan fingerprint density at radius 1 is 1.10 bits per heavy atom. The van der Waals surface area contributed by atoms with Gasteiger partial charge in [-0.15, -0.1) is 35.3 Å². The lowest BCUT2D eigenvalue weighted by molar-refractivity contribution is 0.346. The molecule has 0 radical (unpaired) electrons. The van der Waals surface area contributed by atoms with E-state index < -0.39 is 10.0 Å². The van der Waals surface area contributed by atoms with Gasteiger partial charge in [-0.2, -0.15) is 4.31 Å². The van der Waals surface area contributed by atoms with E-state index in [1.54, 1.807) is 40.9 Å². The monoisotopic (exact) mass is 548 g/mol. The highest BCUT2D eigenvalue weighted by molar-refractivity contribution is 14.0. The molecule has 0 atom stereocenters. The average Bonchev–Trinajstić information content (AvgIpc) is 3.14. The Labute approximate surface area is 194 Å². The van der Waals surface area contributed by atoms with Crippen molar-refractivity contribution in [3.63, 3.8) is 0 Å². The number of halogens is 1. The molecule has 1 fully saturated rings. The topological polar surface area (TPSA) is 73.8 Å². The van der Waals surface area contributed by atoms with E-state index >= 15 is 0 Å². The van der Waals surface area contributed by atoms with Crippen LogP contribution < -0.4 is 10.6 Å². The molecule has 0 unspecified atom stereocenters. The second-order valence-corrected chi connectivity index (χ2v) is 10.2. The summed E-state index contributed by atoms with van der Waals surface area (Å²) in [6.07, 6.45) is 2.98. The Morgan fingerprint density at radius 2 is 1.83 bits per heavy atom. The molecule has 0 saturated carbocycles. The van der Waals surface area contributed by atoms with Crippen LogP contribution in [0.2, 0.25) is 0 Å². The zero-order chi connectivity index (χ0) is 20.0. The number of hydrogen-bond donors (Lipinski definition) is 2. The SMILES string of the molecule is CN=C(NCc1cccc(S(=O)(=O)N2CCCCC2)c1)NCc1ccc(C)s1.I. The van der Waals surface area contributed by atoms with E-state index in [0.717, 1.165) is 24.8 Å². The van der Waals surface area contributed by atoms with Crippen LogP contribution in [0.5, 0.6) is 0 Å². The predicted octanol–water partition coefficient (Wildman–Crippen LogP) is 3.71. The lowest BCUT2D eigenvalue weighted by Crippen LogP contribution is -2.36. The van der Waals surface area contributed by atoms with Gasteiger partial charge in [0.25, 0.3) is 0 Å². The van der Waals surface area contributed by atoms with Crippen LogP contribution in [0.25, 0.3) is 0 Å². The lowest BCUT2D eigenvalue weighted by Gasteiger charge is -2.26. The van der Waals surface area contributed by atoms with Crippen molar-refractivity contribution in [3.8, 4) is 0 Å². The first kappa shape index (κ1) is 24.1. The van der Waals surface area contributed by atoms with Crippen LogP contribution in [0, 0.1) is 6.92 Å².